The maximum atomic E-state index is 14.9. The van der Waals surface area contributed by atoms with Crippen molar-refractivity contribution in [2.75, 3.05) is 6.67 Å². The highest BCUT2D eigenvalue weighted by molar-refractivity contribution is 6.22. The summed E-state index contributed by atoms with van der Waals surface area (Å²) in [4.78, 5) is 31.5. The zero-order chi connectivity index (χ0) is 25.2. The van der Waals surface area contributed by atoms with Gasteiger partial charge in [0.2, 0.25) is 0 Å². The van der Waals surface area contributed by atoms with Gasteiger partial charge in [0.05, 0.1) is 22.5 Å². The van der Waals surface area contributed by atoms with Gasteiger partial charge in [-0.15, -0.1) is 0 Å². The van der Waals surface area contributed by atoms with Crippen LogP contribution in [0.1, 0.15) is 30.9 Å². The number of rotatable bonds is 6. The summed E-state index contributed by atoms with van der Waals surface area (Å²) < 4.78 is 17.8. The Bertz CT molecular complexity index is 1600. The number of nitrogens with two attached hydrogens (primary N) is 1. The molecule has 0 fully saturated rings. The van der Waals surface area contributed by atoms with Gasteiger partial charge in [-0.1, -0.05) is 31.2 Å². The number of amidine groups is 1. The third kappa shape index (κ3) is 4.15. The zero-order valence-electron chi connectivity index (χ0n) is 19.8. The molecule has 0 saturated heterocycles. The van der Waals surface area contributed by atoms with Gasteiger partial charge in [0.15, 0.2) is 5.82 Å². The van der Waals surface area contributed by atoms with Crippen LogP contribution in [0.5, 0.6) is 0 Å². The second kappa shape index (κ2) is 9.53. The van der Waals surface area contributed by atoms with Crippen LogP contribution in [-0.4, -0.2) is 43.0 Å². The molecule has 11 heteroatoms. The van der Waals surface area contributed by atoms with Crippen LogP contribution in [0.15, 0.2) is 75.5 Å². The van der Waals surface area contributed by atoms with E-state index in [4.69, 9.17) is 10.7 Å². The molecule has 0 amide bonds. The summed E-state index contributed by atoms with van der Waals surface area (Å²) in [5, 5.41) is 7.84. The lowest BCUT2D eigenvalue weighted by Crippen LogP contribution is -2.29. The Balaban J connectivity index is 1.67. The van der Waals surface area contributed by atoms with E-state index in [0.29, 0.717) is 40.4 Å². The molecule has 182 valence electrons. The van der Waals surface area contributed by atoms with Crippen LogP contribution >= 0.6 is 0 Å². The first kappa shape index (κ1) is 23.1. The molecule has 10 nitrogen and oxygen atoms in total. The minimum atomic E-state index is -0.520. The normalized spacial score (nSPS) is 14.8. The van der Waals surface area contributed by atoms with Gasteiger partial charge in [0.1, 0.15) is 41.9 Å². The van der Waals surface area contributed by atoms with Crippen LogP contribution in [0.2, 0.25) is 0 Å². The summed E-state index contributed by atoms with van der Waals surface area (Å²) in [5.41, 5.74) is 6.94. The van der Waals surface area contributed by atoms with Crippen LogP contribution in [0.4, 0.5) is 4.39 Å². The molecule has 3 heterocycles. The van der Waals surface area contributed by atoms with Gasteiger partial charge >= 0.3 is 0 Å². The van der Waals surface area contributed by atoms with E-state index >= 15 is 0 Å². The van der Waals surface area contributed by atoms with Crippen molar-refractivity contribution < 1.29 is 4.39 Å². The molecule has 0 bridgehead atoms. The lowest BCUT2D eigenvalue weighted by Gasteiger charge is -2.19. The predicted octanol–water partition coefficient (Wildman–Crippen LogP) is 2.50. The number of halogens is 1. The average Bonchev–Trinajstić information content (AvgIpc) is 3.31. The molecule has 2 aromatic heterocycles. The van der Waals surface area contributed by atoms with E-state index in [-0.39, 0.29) is 23.8 Å². The molecule has 1 atom stereocenters. The van der Waals surface area contributed by atoms with Crippen LogP contribution in [0.3, 0.4) is 0 Å². The smallest absolute Gasteiger partial charge is 0.266 e. The summed E-state index contributed by atoms with van der Waals surface area (Å²) >= 11 is 0. The predicted molar refractivity (Wildman–Crippen MR) is 136 cm³/mol. The molecule has 0 saturated carbocycles. The lowest BCUT2D eigenvalue weighted by atomic mass is 10.1. The lowest BCUT2D eigenvalue weighted by molar-refractivity contribution is 0.608. The fourth-order valence-electron chi connectivity index (χ4n) is 4.06. The van der Waals surface area contributed by atoms with Gasteiger partial charge < -0.3 is 11.1 Å². The topological polar surface area (TPSA) is 128 Å². The second-order valence-electron chi connectivity index (χ2n) is 8.22. The van der Waals surface area contributed by atoms with E-state index in [9.17, 15) is 9.18 Å². The summed E-state index contributed by atoms with van der Waals surface area (Å²) in [6, 6.07) is 13.2. The number of para-hydroxylation sites is 2. The van der Waals surface area contributed by atoms with Gasteiger partial charge in [-0.2, -0.15) is 5.10 Å². The Hall–Kier alpha value is -4.67. The van der Waals surface area contributed by atoms with Gasteiger partial charge in [0, 0.05) is 13.3 Å². The highest BCUT2D eigenvalue weighted by atomic mass is 19.1. The minimum absolute atomic E-state index is 0.132. The van der Waals surface area contributed by atoms with Crippen LogP contribution < -0.4 is 16.6 Å². The van der Waals surface area contributed by atoms with E-state index in [2.05, 4.69) is 25.4 Å². The largest absolute Gasteiger partial charge is 0.383 e. The number of aromatic nitrogens is 5. The first-order valence-corrected chi connectivity index (χ1v) is 11.4. The number of aryl methyl sites for hydroxylation is 1. The molecule has 0 aliphatic carbocycles. The summed E-state index contributed by atoms with van der Waals surface area (Å²) in [7, 11) is 1.75. The molecular weight excluding hydrogens is 461 g/mol. The van der Waals surface area contributed by atoms with E-state index in [0.717, 1.165) is 0 Å². The highest BCUT2D eigenvalue weighted by Crippen LogP contribution is 2.24. The molecule has 36 heavy (non-hydrogen) atoms. The van der Waals surface area contributed by atoms with E-state index in [1.807, 2.05) is 13.0 Å². The molecule has 4 aromatic rings. The maximum absolute atomic E-state index is 14.9. The third-order valence-corrected chi connectivity index (χ3v) is 5.86. The van der Waals surface area contributed by atoms with E-state index in [1.54, 1.807) is 60.7 Å². The van der Waals surface area contributed by atoms with Gasteiger partial charge in [0.25, 0.3) is 5.56 Å². The highest BCUT2D eigenvalue weighted by Gasteiger charge is 2.23. The van der Waals surface area contributed by atoms with Gasteiger partial charge in [-0.25, -0.2) is 24.3 Å². The van der Waals surface area contributed by atoms with Crippen molar-refractivity contribution in [1.82, 2.24) is 29.6 Å². The zero-order valence-corrected chi connectivity index (χ0v) is 19.8. The summed E-state index contributed by atoms with van der Waals surface area (Å²) in [6.07, 6.45) is 3.79. The standard InChI is InChI=1S/C25H24FN9O/c1-3-15(12-28-22-20(21(27)29-13-30-22)23-31-14-34(2)33-23)24-32-18-10-6-4-8-16(18)25(36)35(24)19-11-7-5-9-17(19)26/h4-12,14-15,30H,3,13H2,1-2H3,(H2,27,29). The van der Waals surface area contributed by atoms with E-state index < -0.39 is 11.7 Å². The maximum Gasteiger partial charge on any atom is 0.266 e. The monoisotopic (exact) mass is 485 g/mol. The van der Waals surface area contributed by atoms with Crippen molar-refractivity contribution >= 4 is 28.5 Å². The van der Waals surface area contributed by atoms with E-state index in [1.165, 1.54) is 10.6 Å². The van der Waals surface area contributed by atoms with Crippen molar-refractivity contribution in [3.8, 4) is 5.69 Å². The molecule has 0 radical (unpaired) electrons. The SMILES string of the molecule is CCC(C=NC1=C(c2ncn(C)n2)C(N)=NCN1)c1nc2ccccc2c(=O)n1-c1ccccc1F. The Morgan fingerprint density at radius 3 is 2.75 bits per heavy atom. The van der Waals surface area contributed by atoms with Crippen LogP contribution in [-0.2, 0) is 7.05 Å². The van der Waals surface area contributed by atoms with Crippen molar-refractivity contribution in [1.29, 1.82) is 0 Å². The number of nitrogens with one attached hydrogen (secondary N) is 1. The summed E-state index contributed by atoms with van der Waals surface area (Å²) in [6.45, 7) is 2.20. The molecule has 2 aromatic carbocycles. The molecule has 0 spiro atoms. The van der Waals surface area contributed by atoms with Crippen molar-refractivity contribution in [3.05, 3.63) is 88.5 Å². The Labute approximate surface area is 205 Å². The first-order valence-electron chi connectivity index (χ1n) is 11.4. The quantitative estimate of drug-likeness (QED) is 0.404. The molecule has 1 aliphatic rings. The number of aliphatic imine (C=N–C) groups is 2. The second-order valence-corrected chi connectivity index (χ2v) is 8.22. The number of hydrogen-bond donors (Lipinski definition) is 2. The number of nitrogens with zero attached hydrogens (tertiary/aromatic N) is 7. The van der Waals surface area contributed by atoms with Gasteiger partial charge in [-0.05, 0) is 30.7 Å². The Morgan fingerprint density at radius 1 is 1.22 bits per heavy atom. The molecule has 1 aliphatic heterocycles. The Kier molecular flexibility index (Phi) is 6.11. The first-order chi connectivity index (χ1) is 17.5. The number of benzene rings is 2. The minimum Gasteiger partial charge on any atom is -0.383 e. The third-order valence-electron chi connectivity index (χ3n) is 5.86. The molecule has 5 rings (SSSR count). The molecule has 3 N–H and O–H groups in total. The Morgan fingerprint density at radius 2 is 2.00 bits per heavy atom. The summed E-state index contributed by atoms with van der Waals surface area (Å²) in [5.74, 6) is 0.548. The van der Waals surface area contributed by atoms with Crippen LogP contribution in [0.25, 0.3) is 22.2 Å². The van der Waals surface area contributed by atoms with Crippen molar-refractivity contribution in [3.63, 3.8) is 0 Å². The van der Waals surface area contributed by atoms with Gasteiger partial charge in [-0.3, -0.25) is 14.0 Å². The fraction of sp³-hybridized carbons (Fsp3) is 0.200. The molecular formula is C25H24FN9O. The molecule has 1 unspecified atom stereocenters. The van der Waals surface area contributed by atoms with Crippen LogP contribution in [0, 0.1) is 5.82 Å². The fourth-order valence-corrected chi connectivity index (χ4v) is 4.06. The average molecular weight is 486 g/mol. The number of fused-ring (bicyclic) bond motifs is 1. The van der Waals surface area contributed by atoms with Crippen molar-refractivity contribution in [2.45, 2.75) is 19.3 Å². The number of hydrogen-bond acceptors (Lipinski definition) is 8. The van der Waals surface area contributed by atoms with Crippen molar-refractivity contribution in [2.24, 2.45) is 22.8 Å².